The van der Waals surface area contributed by atoms with Crippen molar-refractivity contribution < 1.29 is 23.8 Å². The summed E-state index contributed by atoms with van der Waals surface area (Å²) in [5, 5.41) is 0. The molecule has 4 rings (SSSR count). The number of Topliss-reactive ketones (excluding diaryl/α,β-unsaturated/α-hetero) is 1. The Balaban J connectivity index is 1.84. The van der Waals surface area contributed by atoms with Crippen molar-refractivity contribution in [2.24, 2.45) is 5.41 Å². The fraction of sp³-hybridized carbons (Fsp3) is 0.417. The topological polar surface area (TPSA) is 65.1 Å². The van der Waals surface area contributed by atoms with E-state index >= 15 is 0 Å². The molecule has 1 heterocycles. The van der Waals surface area contributed by atoms with Gasteiger partial charge in [-0.2, -0.15) is 0 Å². The monoisotopic (exact) mass is 409 g/mol. The molecule has 158 valence electrons. The molecule has 0 bridgehead atoms. The lowest BCUT2D eigenvalue weighted by Crippen LogP contribution is -2.52. The second-order valence-electron chi connectivity index (χ2n) is 9.02. The summed E-state index contributed by atoms with van der Waals surface area (Å²) in [4.78, 5) is 28.5. The van der Waals surface area contributed by atoms with Gasteiger partial charge in [-0.3, -0.25) is 9.69 Å². The van der Waals surface area contributed by atoms with Crippen LogP contribution in [0.2, 0.25) is 0 Å². The number of nitrogens with zero attached hydrogens (tertiary/aromatic N) is 1. The molecule has 1 aliphatic carbocycles. The first-order valence-corrected chi connectivity index (χ1v) is 10.1. The van der Waals surface area contributed by atoms with Gasteiger partial charge in [-0.25, -0.2) is 4.79 Å². The van der Waals surface area contributed by atoms with Crippen molar-refractivity contribution in [3.8, 4) is 11.5 Å². The highest BCUT2D eigenvalue weighted by atomic mass is 16.6. The van der Waals surface area contributed by atoms with Crippen LogP contribution in [-0.4, -0.2) is 38.2 Å². The molecule has 1 aliphatic heterocycles. The van der Waals surface area contributed by atoms with Crippen LogP contribution in [-0.2, 0) is 17.6 Å². The summed E-state index contributed by atoms with van der Waals surface area (Å²) < 4.78 is 16.5. The average molecular weight is 409 g/mol. The van der Waals surface area contributed by atoms with Crippen molar-refractivity contribution in [1.29, 1.82) is 0 Å². The van der Waals surface area contributed by atoms with Crippen LogP contribution in [0.3, 0.4) is 0 Å². The SMILES string of the molecule is COc1cc2c(cc1OC)N(C(=O)OC(C)(C)C)CC1(Cc3ccccc3C1)C2=O. The zero-order valence-electron chi connectivity index (χ0n) is 18.1. The van der Waals surface area contributed by atoms with Crippen LogP contribution in [0.15, 0.2) is 36.4 Å². The van der Waals surface area contributed by atoms with Crippen LogP contribution >= 0.6 is 0 Å². The molecular formula is C24H27NO5. The molecule has 1 amide bonds. The summed E-state index contributed by atoms with van der Waals surface area (Å²) in [6.07, 6.45) is 0.711. The number of carbonyl (C=O) groups is 2. The molecule has 0 atom stereocenters. The molecule has 0 unspecified atom stereocenters. The minimum atomic E-state index is -0.715. The van der Waals surface area contributed by atoms with E-state index in [2.05, 4.69) is 12.1 Å². The first-order valence-electron chi connectivity index (χ1n) is 10.1. The van der Waals surface area contributed by atoms with E-state index in [0.29, 0.717) is 35.6 Å². The van der Waals surface area contributed by atoms with Crippen LogP contribution in [0.4, 0.5) is 10.5 Å². The summed E-state index contributed by atoms with van der Waals surface area (Å²) in [6, 6.07) is 11.4. The number of hydrogen-bond donors (Lipinski definition) is 0. The highest BCUT2D eigenvalue weighted by Gasteiger charge is 2.51. The second-order valence-corrected chi connectivity index (χ2v) is 9.02. The number of hydrogen-bond acceptors (Lipinski definition) is 5. The third kappa shape index (κ3) is 3.30. The summed E-state index contributed by atoms with van der Waals surface area (Å²) >= 11 is 0. The Hall–Kier alpha value is -3.02. The van der Waals surface area contributed by atoms with Gasteiger partial charge in [0.1, 0.15) is 5.60 Å². The molecule has 0 saturated carbocycles. The number of benzene rings is 2. The molecule has 6 heteroatoms. The van der Waals surface area contributed by atoms with Gasteiger partial charge in [-0.05, 0) is 50.8 Å². The van der Waals surface area contributed by atoms with Gasteiger partial charge in [0.25, 0.3) is 0 Å². The Morgan fingerprint density at radius 2 is 1.57 bits per heavy atom. The minimum absolute atomic E-state index is 0.0226. The quantitative estimate of drug-likeness (QED) is 0.734. The zero-order chi connectivity index (χ0) is 21.7. The van der Waals surface area contributed by atoms with Crippen LogP contribution in [0.25, 0.3) is 0 Å². The molecule has 0 N–H and O–H groups in total. The largest absolute Gasteiger partial charge is 0.493 e. The van der Waals surface area contributed by atoms with E-state index in [0.717, 1.165) is 11.1 Å². The first-order chi connectivity index (χ1) is 14.2. The summed E-state index contributed by atoms with van der Waals surface area (Å²) in [5.74, 6) is 0.944. The average Bonchev–Trinajstić information content (AvgIpc) is 3.07. The maximum atomic E-state index is 13.8. The van der Waals surface area contributed by atoms with Gasteiger partial charge in [0.05, 0.1) is 25.3 Å². The third-order valence-corrected chi connectivity index (χ3v) is 5.77. The molecule has 0 aromatic heterocycles. The summed E-state index contributed by atoms with van der Waals surface area (Å²) in [7, 11) is 3.06. The molecule has 2 aromatic carbocycles. The number of anilines is 1. The van der Waals surface area contributed by atoms with Crippen molar-refractivity contribution in [2.45, 2.75) is 39.2 Å². The van der Waals surface area contributed by atoms with Crippen molar-refractivity contribution >= 4 is 17.6 Å². The molecule has 0 fully saturated rings. The van der Waals surface area contributed by atoms with E-state index < -0.39 is 17.1 Å². The number of rotatable bonds is 2. The number of methoxy groups -OCH3 is 2. The lowest BCUT2D eigenvalue weighted by atomic mass is 9.74. The third-order valence-electron chi connectivity index (χ3n) is 5.77. The predicted molar refractivity (Wildman–Crippen MR) is 114 cm³/mol. The number of ether oxygens (including phenoxy) is 3. The Bertz CT molecular complexity index is 996. The normalized spacial score (nSPS) is 16.8. The van der Waals surface area contributed by atoms with Crippen molar-refractivity contribution in [1.82, 2.24) is 0 Å². The first kappa shape index (κ1) is 20.3. The molecule has 2 aromatic rings. The van der Waals surface area contributed by atoms with E-state index in [4.69, 9.17) is 14.2 Å². The highest BCUT2D eigenvalue weighted by Crippen LogP contribution is 2.48. The lowest BCUT2D eigenvalue weighted by Gasteiger charge is -2.40. The number of carbonyl (C=O) groups excluding carboxylic acids is 2. The van der Waals surface area contributed by atoms with Gasteiger partial charge in [0, 0.05) is 18.2 Å². The summed E-state index contributed by atoms with van der Waals surface area (Å²) in [5.41, 5.74) is 1.89. The van der Waals surface area contributed by atoms with Crippen LogP contribution < -0.4 is 14.4 Å². The van der Waals surface area contributed by atoms with Crippen molar-refractivity contribution in [2.75, 3.05) is 25.7 Å². The minimum Gasteiger partial charge on any atom is -0.493 e. The van der Waals surface area contributed by atoms with E-state index in [9.17, 15) is 9.59 Å². The smallest absolute Gasteiger partial charge is 0.414 e. The standard InChI is InChI=1S/C24H27NO5/c1-23(2,3)30-22(27)25-14-24(12-15-8-6-7-9-16(15)13-24)21(26)17-10-19(28-4)20(29-5)11-18(17)25/h6-11H,12-14H2,1-5H3. The van der Waals surface area contributed by atoms with Crippen LogP contribution in [0.1, 0.15) is 42.3 Å². The maximum Gasteiger partial charge on any atom is 0.414 e. The zero-order valence-corrected chi connectivity index (χ0v) is 18.1. The Labute approximate surface area is 176 Å². The fourth-order valence-electron chi connectivity index (χ4n) is 4.47. The van der Waals surface area contributed by atoms with Gasteiger partial charge in [0.2, 0.25) is 0 Å². The Kier molecular flexibility index (Phi) is 4.76. The van der Waals surface area contributed by atoms with Gasteiger partial charge in [-0.1, -0.05) is 24.3 Å². The number of fused-ring (bicyclic) bond motifs is 2. The van der Waals surface area contributed by atoms with E-state index in [-0.39, 0.29) is 12.3 Å². The Morgan fingerprint density at radius 1 is 1.00 bits per heavy atom. The number of amides is 1. The van der Waals surface area contributed by atoms with Gasteiger partial charge < -0.3 is 14.2 Å². The molecule has 0 radical (unpaired) electrons. The van der Waals surface area contributed by atoms with Crippen molar-refractivity contribution in [3.63, 3.8) is 0 Å². The summed E-state index contributed by atoms with van der Waals surface area (Å²) in [6.45, 7) is 5.75. The van der Waals surface area contributed by atoms with E-state index in [1.165, 1.54) is 14.2 Å². The molecular weight excluding hydrogens is 382 g/mol. The van der Waals surface area contributed by atoms with Crippen molar-refractivity contribution in [3.05, 3.63) is 53.1 Å². The molecule has 2 aliphatic rings. The second kappa shape index (κ2) is 7.04. The van der Waals surface area contributed by atoms with E-state index in [1.54, 1.807) is 17.0 Å². The van der Waals surface area contributed by atoms with Crippen LogP contribution in [0.5, 0.6) is 11.5 Å². The van der Waals surface area contributed by atoms with Gasteiger partial charge in [0.15, 0.2) is 17.3 Å². The fourth-order valence-corrected chi connectivity index (χ4v) is 4.47. The van der Waals surface area contributed by atoms with Gasteiger partial charge in [-0.15, -0.1) is 0 Å². The highest BCUT2D eigenvalue weighted by molar-refractivity contribution is 6.12. The van der Waals surface area contributed by atoms with E-state index in [1.807, 2.05) is 32.9 Å². The Morgan fingerprint density at radius 3 is 2.10 bits per heavy atom. The predicted octanol–water partition coefficient (Wildman–Crippen LogP) is 4.43. The lowest BCUT2D eigenvalue weighted by molar-refractivity contribution is 0.0547. The molecule has 6 nitrogen and oxygen atoms in total. The van der Waals surface area contributed by atoms with Crippen LogP contribution in [0, 0.1) is 5.41 Å². The molecule has 30 heavy (non-hydrogen) atoms. The van der Waals surface area contributed by atoms with Gasteiger partial charge >= 0.3 is 6.09 Å². The molecule has 1 spiro atoms. The maximum absolute atomic E-state index is 13.8. The molecule has 0 saturated heterocycles. The number of ketones is 1.